The van der Waals surface area contributed by atoms with Gasteiger partial charge in [-0.2, -0.15) is 0 Å². The monoisotopic (exact) mass is 298 g/mol. The van der Waals surface area contributed by atoms with E-state index in [1.807, 2.05) is 39.8 Å². The van der Waals surface area contributed by atoms with Gasteiger partial charge in [0.2, 0.25) is 5.91 Å². The van der Waals surface area contributed by atoms with Crippen LogP contribution in [0, 0.1) is 19.8 Å². The summed E-state index contributed by atoms with van der Waals surface area (Å²) in [5, 5.41) is 2.85. The van der Waals surface area contributed by atoms with E-state index in [9.17, 15) is 4.79 Å². The van der Waals surface area contributed by atoms with Crippen LogP contribution in [0.2, 0.25) is 0 Å². The Kier molecular flexibility index (Phi) is 4.71. The number of carbonyl (C=O) groups is 1. The van der Waals surface area contributed by atoms with Crippen molar-refractivity contribution in [2.45, 2.75) is 33.7 Å². The zero-order valence-corrected chi connectivity index (χ0v) is 12.3. The third kappa shape index (κ3) is 3.54. The summed E-state index contributed by atoms with van der Waals surface area (Å²) in [6.07, 6.45) is 0. The fourth-order valence-electron chi connectivity index (χ4n) is 1.55. The molecule has 3 N–H and O–H groups in total. The number of nitrogens with one attached hydrogen (secondary N) is 1. The van der Waals surface area contributed by atoms with E-state index in [2.05, 4.69) is 21.2 Å². The normalized spacial score (nSPS) is 12.6. The van der Waals surface area contributed by atoms with Crippen molar-refractivity contribution < 1.29 is 4.79 Å². The maximum absolute atomic E-state index is 11.8. The quantitative estimate of drug-likeness (QED) is 0.901. The molecule has 1 aromatic carbocycles. The van der Waals surface area contributed by atoms with Crippen LogP contribution in [0.5, 0.6) is 0 Å². The number of carbonyl (C=O) groups excluding carboxylic acids is 1. The SMILES string of the molecule is Cc1cc(NC(=O)C(N)C(C)C)cc(C)c1Br. The lowest BCUT2D eigenvalue weighted by Gasteiger charge is -2.16. The summed E-state index contributed by atoms with van der Waals surface area (Å²) in [7, 11) is 0. The Morgan fingerprint density at radius 3 is 2.18 bits per heavy atom. The Hall–Kier alpha value is -0.870. The molecule has 4 heteroatoms. The second kappa shape index (κ2) is 5.65. The van der Waals surface area contributed by atoms with Gasteiger partial charge in [0.15, 0.2) is 0 Å². The van der Waals surface area contributed by atoms with E-state index in [0.717, 1.165) is 21.3 Å². The predicted molar refractivity (Wildman–Crippen MR) is 75.1 cm³/mol. The molecule has 0 aliphatic heterocycles. The second-order valence-corrected chi connectivity index (χ2v) is 5.48. The molecule has 0 heterocycles. The number of aryl methyl sites for hydroxylation is 2. The average Bonchev–Trinajstić information content (AvgIpc) is 2.24. The number of nitrogens with two attached hydrogens (primary N) is 1. The molecule has 17 heavy (non-hydrogen) atoms. The van der Waals surface area contributed by atoms with Crippen molar-refractivity contribution in [2.24, 2.45) is 11.7 Å². The summed E-state index contributed by atoms with van der Waals surface area (Å²) < 4.78 is 1.07. The Bertz CT molecular complexity index is 406. The van der Waals surface area contributed by atoms with Crippen molar-refractivity contribution in [3.05, 3.63) is 27.7 Å². The van der Waals surface area contributed by atoms with Crippen LogP contribution in [0.3, 0.4) is 0 Å². The highest BCUT2D eigenvalue weighted by Gasteiger charge is 2.17. The van der Waals surface area contributed by atoms with Crippen LogP contribution >= 0.6 is 15.9 Å². The summed E-state index contributed by atoms with van der Waals surface area (Å²) in [6.45, 7) is 7.86. The molecule has 0 radical (unpaired) electrons. The molecule has 0 aliphatic rings. The molecule has 0 aliphatic carbocycles. The number of halogens is 1. The van der Waals surface area contributed by atoms with Crippen molar-refractivity contribution in [1.82, 2.24) is 0 Å². The third-order valence-electron chi connectivity index (χ3n) is 2.72. The number of amides is 1. The first kappa shape index (κ1) is 14.2. The summed E-state index contributed by atoms with van der Waals surface area (Å²) in [5.74, 6) is -0.00577. The minimum Gasteiger partial charge on any atom is -0.325 e. The van der Waals surface area contributed by atoms with Crippen LogP contribution in [0.4, 0.5) is 5.69 Å². The van der Waals surface area contributed by atoms with Gasteiger partial charge in [-0.1, -0.05) is 29.8 Å². The molecule has 3 nitrogen and oxygen atoms in total. The lowest BCUT2D eigenvalue weighted by atomic mass is 10.0. The van der Waals surface area contributed by atoms with Crippen LogP contribution in [-0.4, -0.2) is 11.9 Å². The number of hydrogen-bond donors (Lipinski definition) is 2. The maximum atomic E-state index is 11.8. The predicted octanol–water partition coefficient (Wildman–Crippen LogP) is 2.99. The maximum Gasteiger partial charge on any atom is 0.241 e. The minimum atomic E-state index is -0.473. The molecule has 0 bridgehead atoms. The van der Waals surface area contributed by atoms with Crippen molar-refractivity contribution in [3.63, 3.8) is 0 Å². The molecule has 94 valence electrons. The first-order chi connectivity index (χ1) is 7.82. The molecular formula is C13H19BrN2O. The van der Waals surface area contributed by atoms with Gasteiger partial charge in [0.05, 0.1) is 6.04 Å². The second-order valence-electron chi connectivity index (χ2n) is 4.68. The molecule has 1 unspecified atom stereocenters. The highest BCUT2D eigenvalue weighted by Crippen LogP contribution is 2.25. The van der Waals surface area contributed by atoms with E-state index >= 15 is 0 Å². The van der Waals surface area contributed by atoms with E-state index in [-0.39, 0.29) is 11.8 Å². The van der Waals surface area contributed by atoms with E-state index in [4.69, 9.17) is 5.73 Å². The van der Waals surface area contributed by atoms with E-state index in [1.165, 1.54) is 0 Å². The van der Waals surface area contributed by atoms with Crippen LogP contribution in [0.15, 0.2) is 16.6 Å². The van der Waals surface area contributed by atoms with Gasteiger partial charge in [-0.25, -0.2) is 0 Å². The van der Waals surface area contributed by atoms with Crippen molar-refractivity contribution in [1.29, 1.82) is 0 Å². The molecule has 0 aromatic heterocycles. The van der Waals surface area contributed by atoms with Crippen LogP contribution in [-0.2, 0) is 4.79 Å². The molecule has 0 saturated carbocycles. The summed E-state index contributed by atoms with van der Waals surface area (Å²) in [4.78, 5) is 11.8. The molecule has 0 spiro atoms. The first-order valence-electron chi connectivity index (χ1n) is 5.66. The van der Waals surface area contributed by atoms with Gasteiger partial charge >= 0.3 is 0 Å². The molecule has 1 rings (SSSR count). The summed E-state index contributed by atoms with van der Waals surface area (Å²) >= 11 is 3.49. The van der Waals surface area contributed by atoms with Gasteiger partial charge in [-0.05, 0) is 43.0 Å². The highest BCUT2D eigenvalue weighted by atomic mass is 79.9. The van der Waals surface area contributed by atoms with Crippen molar-refractivity contribution in [2.75, 3.05) is 5.32 Å². The number of anilines is 1. The van der Waals surface area contributed by atoms with Gasteiger partial charge in [0.1, 0.15) is 0 Å². The van der Waals surface area contributed by atoms with Gasteiger partial charge in [0.25, 0.3) is 0 Å². The zero-order valence-electron chi connectivity index (χ0n) is 10.7. The highest BCUT2D eigenvalue weighted by molar-refractivity contribution is 9.10. The summed E-state index contributed by atoms with van der Waals surface area (Å²) in [5.41, 5.74) is 8.78. The van der Waals surface area contributed by atoms with Gasteiger partial charge < -0.3 is 11.1 Å². The fourth-order valence-corrected chi connectivity index (χ4v) is 1.78. The molecular weight excluding hydrogens is 280 g/mol. The van der Waals surface area contributed by atoms with Crippen LogP contribution < -0.4 is 11.1 Å². The standard InChI is InChI=1S/C13H19BrN2O/c1-7(2)12(15)13(17)16-10-5-8(3)11(14)9(4)6-10/h5-7,12H,15H2,1-4H3,(H,16,17). The van der Waals surface area contributed by atoms with E-state index in [0.29, 0.717) is 0 Å². The lowest BCUT2D eigenvalue weighted by molar-refractivity contribution is -0.118. The minimum absolute atomic E-state index is 0.132. The number of hydrogen-bond acceptors (Lipinski definition) is 2. The van der Waals surface area contributed by atoms with Crippen LogP contribution in [0.25, 0.3) is 0 Å². The smallest absolute Gasteiger partial charge is 0.241 e. The zero-order chi connectivity index (χ0) is 13.2. The third-order valence-corrected chi connectivity index (χ3v) is 3.98. The van der Waals surface area contributed by atoms with Gasteiger partial charge in [0, 0.05) is 10.2 Å². The molecule has 0 fully saturated rings. The Labute approximate surface area is 111 Å². The summed E-state index contributed by atoms with van der Waals surface area (Å²) in [6, 6.07) is 3.39. The van der Waals surface area contributed by atoms with Crippen LogP contribution in [0.1, 0.15) is 25.0 Å². The number of benzene rings is 1. The topological polar surface area (TPSA) is 55.1 Å². The molecule has 1 aromatic rings. The van der Waals surface area contributed by atoms with E-state index in [1.54, 1.807) is 0 Å². The van der Waals surface area contributed by atoms with Gasteiger partial charge in [-0.3, -0.25) is 4.79 Å². The first-order valence-corrected chi connectivity index (χ1v) is 6.45. The van der Waals surface area contributed by atoms with Crippen molar-refractivity contribution in [3.8, 4) is 0 Å². The lowest BCUT2D eigenvalue weighted by Crippen LogP contribution is -2.39. The van der Waals surface area contributed by atoms with E-state index < -0.39 is 6.04 Å². The Morgan fingerprint density at radius 1 is 1.29 bits per heavy atom. The number of rotatable bonds is 3. The fraction of sp³-hybridized carbons (Fsp3) is 0.462. The largest absolute Gasteiger partial charge is 0.325 e. The van der Waals surface area contributed by atoms with Crippen molar-refractivity contribution >= 4 is 27.5 Å². The Morgan fingerprint density at radius 2 is 1.76 bits per heavy atom. The molecule has 1 amide bonds. The average molecular weight is 299 g/mol. The Balaban J connectivity index is 2.86. The molecule has 1 atom stereocenters. The van der Waals surface area contributed by atoms with Gasteiger partial charge in [-0.15, -0.1) is 0 Å². The molecule has 0 saturated heterocycles.